The molecule has 4 rings (SSSR count). The molecule has 0 radical (unpaired) electrons. The lowest BCUT2D eigenvalue weighted by Crippen LogP contribution is -2.29. The molecule has 0 aromatic heterocycles. The summed E-state index contributed by atoms with van der Waals surface area (Å²) in [5.74, 6) is -0.0866. The molecule has 0 saturated carbocycles. The molecule has 1 amide bonds. The summed E-state index contributed by atoms with van der Waals surface area (Å²) in [5.41, 5.74) is 6.79. The van der Waals surface area contributed by atoms with Crippen molar-refractivity contribution < 1.29 is 4.79 Å². The number of anilines is 3. The van der Waals surface area contributed by atoms with E-state index in [1.54, 1.807) is 4.90 Å². The zero-order chi connectivity index (χ0) is 20.9. The minimum absolute atomic E-state index is 0.0866. The fraction of sp³-hybridized carbons (Fsp3) is 0.0833. The van der Waals surface area contributed by atoms with Gasteiger partial charge in [0.25, 0.3) is 5.91 Å². The molecule has 0 unspecified atom stereocenters. The molecule has 0 aliphatic carbocycles. The van der Waals surface area contributed by atoms with Crippen LogP contribution >= 0.6 is 11.8 Å². The summed E-state index contributed by atoms with van der Waals surface area (Å²) in [6.45, 7) is 0. The molecule has 3 aromatic rings. The number of hydrazone groups is 1. The number of benzene rings is 3. The van der Waals surface area contributed by atoms with Crippen LogP contribution in [0, 0.1) is 0 Å². The van der Waals surface area contributed by atoms with Crippen LogP contribution in [0.25, 0.3) is 6.08 Å². The van der Waals surface area contributed by atoms with Crippen molar-refractivity contribution in [2.24, 2.45) is 5.10 Å². The van der Waals surface area contributed by atoms with Crippen LogP contribution in [0.5, 0.6) is 0 Å². The van der Waals surface area contributed by atoms with Gasteiger partial charge in [0.2, 0.25) is 0 Å². The Kier molecular flexibility index (Phi) is 5.86. The predicted molar refractivity (Wildman–Crippen MR) is 128 cm³/mol. The lowest BCUT2D eigenvalue weighted by Gasteiger charge is -2.15. The van der Waals surface area contributed by atoms with E-state index in [4.69, 9.17) is 0 Å². The van der Waals surface area contributed by atoms with E-state index in [2.05, 4.69) is 10.5 Å². The molecule has 5 nitrogen and oxygen atoms in total. The molecule has 30 heavy (non-hydrogen) atoms. The SMILES string of the molecule is CN(C)c1ccc(C=C2SC(=NNc3ccccc3)N(c3ccccc3)C2=O)cc1. The Morgan fingerprint density at radius 3 is 2.17 bits per heavy atom. The molecule has 1 aliphatic rings. The van der Waals surface area contributed by atoms with Gasteiger partial charge in [-0.1, -0.05) is 48.5 Å². The first-order valence-corrected chi connectivity index (χ1v) is 10.4. The Morgan fingerprint density at radius 2 is 1.53 bits per heavy atom. The lowest BCUT2D eigenvalue weighted by molar-refractivity contribution is -0.113. The number of hydrogen-bond acceptors (Lipinski definition) is 5. The molecule has 1 saturated heterocycles. The Hall–Kier alpha value is -3.51. The number of para-hydroxylation sites is 2. The number of amidine groups is 1. The van der Waals surface area contributed by atoms with E-state index < -0.39 is 0 Å². The minimum atomic E-state index is -0.0866. The van der Waals surface area contributed by atoms with Gasteiger partial charge < -0.3 is 4.90 Å². The predicted octanol–water partition coefficient (Wildman–Crippen LogP) is 5.26. The third-order valence-corrected chi connectivity index (χ3v) is 5.55. The number of rotatable bonds is 5. The van der Waals surface area contributed by atoms with E-state index in [1.807, 2.05) is 110 Å². The van der Waals surface area contributed by atoms with Crippen molar-refractivity contribution in [2.45, 2.75) is 0 Å². The van der Waals surface area contributed by atoms with Crippen molar-refractivity contribution >= 4 is 46.0 Å². The summed E-state index contributed by atoms with van der Waals surface area (Å²) in [6, 6.07) is 27.4. The van der Waals surface area contributed by atoms with Gasteiger partial charge in [-0.25, -0.2) is 0 Å². The highest BCUT2D eigenvalue weighted by Crippen LogP contribution is 2.36. The Morgan fingerprint density at radius 1 is 0.900 bits per heavy atom. The first-order chi connectivity index (χ1) is 14.6. The fourth-order valence-corrected chi connectivity index (χ4v) is 3.94. The van der Waals surface area contributed by atoms with E-state index in [-0.39, 0.29) is 5.91 Å². The van der Waals surface area contributed by atoms with Crippen molar-refractivity contribution in [1.29, 1.82) is 0 Å². The van der Waals surface area contributed by atoms with Gasteiger partial charge in [-0.15, -0.1) is 5.10 Å². The number of nitrogens with one attached hydrogen (secondary N) is 1. The third kappa shape index (κ3) is 4.39. The van der Waals surface area contributed by atoms with E-state index >= 15 is 0 Å². The average Bonchev–Trinajstić information content (AvgIpc) is 3.09. The van der Waals surface area contributed by atoms with E-state index in [1.165, 1.54) is 11.8 Å². The van der Waals surface area contributed by atoms with Crippen molar-refractivity contribution in [3.63, 3.8) is 0 Å². The Balaban J connectivity index is 1.65. The second kappa shape index (κ2) is 8.88. The smallest absolute Gasteiger partial charge is 0.271 e. The number of carbonyl (C=O) groups excluding carboxylic acids is 1. The van der Waals surface area contributed by atoms with E-state index in [0.29, 0.717) is 10.1 Å². The highest BCUT2D eigenvalue weighted by molar-refractivity contribution is 8.19. The Labute approximate surface area is 180 Å². The monoisotopic (exact) mass is 414 g/mol. The maximum absolute atomic E-state index is 13.2. The van der Waals surface area contributed by atoms with E-state index in [0.717, 1.165) is 22.6 Å². The lowest BCUT2D eigenvalue weighted by atomic mass is 10.2. The first-order valence-electron chi connectivity index (χ1n) is 9.57. The van der Waals surface area contributed by atoms with Crippen LogP contribution in [0.3, 0.4) is 0 Å². The van der Waals surface area contributed by atoms with Crippen LogP contribution < -0.4 is 15.2 Å². The third-order valence-electron chi connectivity index (χ3n) is 4.58. The van der Waals surface area contributed by atoms with Gasteiger partial charge in [0.15, 0.2) is 5.17 Å². The number of hydrogen-bond donors (Lipinski definition) is 1. The molecule has 150 valence electrons. The van der Waals surface area contributed by atoms with Crippen molar-refractivity contribution in [1.82, 2.24) is 0 Å². The zero-order valence-corrected chi connectivity index (χ0v) is 17.6. The number of carbonyl (C=O) groups is 1. The zero-order valence-electron chi connectivity index (χ0n) is 16.8. The Bertz CT molecular complexity index is 1080. The molecular formula is C24H22N4OS. The van der Waals surface area contributed by atoms with Crippen molar-refractivity contribution in [3.05, 3.63) is 95.4 Å². The van der Waals surface area contributed by atoms with Crippen LogP contribution in [-0.2, 0) is 4.79 Å². The maximum atomic E-state index is 13.2. The largest absolute Gasteiger partial charge is 0.378 e. The van der Waals surface area contributed by atoms with Crippen molar-refractivity contribution in [2.75, 3.05) is 29.3 Å². The van der Waals surface area contributed by atoms with Crippen LogP contribution in [-0.4, -0.2) is 25.2 Å². The summed E-state index contributed by atoms with van der Waals surface area (Å²) in [6.07, 6.45) is 1.91. The highest BCUT2D eigenvalue weighted by Gasteiger charge is 2.34. The molecule has 0 bridgehead atoms. The van der Waals surface area contributed by atoms with Gasteiger partial charge in [-0.3, -0.25) is 15.1 Å². The van der Waals surface area contributed by atoms with Gasteiger partial charge in [0.1, 0.15) is 0 Å². The van der Waals surface area contributed by atoms with Gasteiger partial charge in [0, 0.05) is 19.8 Å². The van der Waals surface area contributed by atoms with Crippen molar-refractivity contribution in [3.8, 4) is 0 Å². The van der Waals surface area contributed by atoms with E-state index in [9.17, 15) is 4.79 Å². The van der Waals surface area contributed by atoms with Crippen LogP contribution in [0.2, 0.25) is 0 Å². The van der Waals surface area contributed by atoms with Crippen LogP contribution in [0.1, 0.15) is 5.56 Å². The minimum Gasteiger partial charge on any atom is -0.378 e. The molecule has 3 aromatic carbocycles. The molecule has 1 aliphatic heterocycles. The van der Waals surface area contributed by atoms with Crippen LogP contribution in [0.4, 0.5) is 17.1 Å². The first kappa shape index (κ1) is 19.8. The van der Waals surface area contributed by atoms with Gasteiger partial charge in [-0.2, -0.15) is 0 Å². The molecule has 0 atom stereocenters. The van der Waals surface area contributed by atoms with Gasteiger partial charge in [-0.05, 0) is 59.8 Å². The molecule has 1 fully saturated rings. The second-order valence-electron chi connectivity index (χ2n) is 6.94. The maximum Gasteiger partial charge on any atom is 0.271 e. The number of nitrogens with zero attached hydrogens (tertiary/aromatic N) is 3. The number of thioether (sulfide) groups is 1. The highest BCUT2D eigenvalue weighted by atomic mass is 32.2. The summed E-state index contributed by atoms with van der Waals surface area (Å²) in [5, 5.41) is 5.11. The van der Waals surface area contributed by atoms with Gasteiger partial charge >= 0.3 is 0 Å². The summed E-state index contributed by atoms with van der Waals surface area (Å²) in [7, 11) is 4.01. The summed E-state index contributed by atoms with van der Waals surface area (Å²) >= 11 is 1.36. The second-order valence-corrected chi connectivity index (χ2v) is 7.95. The normalized spacial score (nSPS) is 16.3. The molecule has 1 heterocycles. The molecule has 6 heteroatoms. The molecular weight excluding hydrogens is 392 g/mol. The summed E-state index contributed by atoms with van der Waals surface area (Å²) < 4.78 is 0. The molecule has 1 N–H and O–H groups in total. The summed E-state index contributed by atoms with van der Waals surface area (Å²) in [4.78, 5) is 17.5. The molecule has 0 spiro atoms. The average molecular weight is 415 g/mol. The quantitative estimate of drug-likeness (QED) is 0.457. The number of amides is 1. The topological polar surface area (TPSA) is 47.9 Å². The fourth-order valence-electron chi connectivity index (χ4n) is 3.00. The van der Waals surface area contributed by atoms with Gasteiger partial charge in [0.05, 0.1) is 16.3 Å². The standard InChI is InChI=1S/C24H22N4OS/c1-27(2)20-15-13-18(14-16-20)17-22-23(29)28(21-11-7-4-8-12-21)24(30-22)26-25-19-9-5-3-6-10-19/h3-17,25H,1-2H3. The van der Waals surface area contributed by atoms with Crippen LogP contribution in [0.15, 0.2) is 94.9 Å².